The van der Waals surface area contributed by atoms with E-state index in [1.165, 1.54) is 27.1 Å². The van der Waals surface area contributed by atoms with Crippen LogP contribution in [0.1, 0.15) is 44.7 Å². The molecule has 2 heterocycles. The van der Waals surface area contributed by atoms with E-state index in [4.69, 9.17) is 0 Å². The second-order valence-corrected chi connectivity index (χ2v) is 10.1. The zero-order chi connectivity index (χ0) is 27.6. The van der Waals surface area contributed by atoms with Gasteiger partial charge >= 0.3 is 12.0 Å². The Labute approximate surface area is 221 Å². The zero-order valence-electron chi connectivity index (χ0n) is 21.8. The van der Waals surface area contributed by atoms with Crippen LogP contribution in [0.4, 0.5) is 9.18 Å². The molecule has 4 atom stereocenters. The highest BCUT2D eigenvalue weighted by Gasteiger charge is 2.51. The average Bonchev–Trinajstić information content (AvgIpc) is 2.86. The largest absolute Gasteiger partial charge is 0.481 e. The Balaban J connectivity index is 1.63. The van der Waals surface area contributed by atoms with Crippen LogP contribution in [0.15, 0.2) is 48.1 Å². The van der Waals surface area contributed by atoms with Gasteiger partial charge in [-0.1, -0.05) is 37.3 Å². The van der Waals surface area contributed by atoms with Gasteiger partial charge in [-0.15, -0.1) is 0 Å². The number of carboxylic acids is 1. The molecule has 1 aliphatic carbocycles. The number of hydrogen-bond acceptors (Lipinski definition) is 5. The summed E-state index contributed by atoms with van der Waals surface area (Å²) in [4.78, 5) is 54.6. The number of halogens is 1. The maximum absolute atomic E-state index is 13.7. The zero-order valence-corrected chi connectivity index (χ0v) is 21.8. The Hall–Kier alpha value is -3.73. The number of carbonyl (C=O) groups is 4. The Kier molecular flexibility index (Phi) is 8.15. The van der Waals surface area contributed by atoms with Gasteiger partial charge in [-0.2, -0.15) is 0 Å². The van der Waals surface area contributed by atoms with Crippen molar-refractivity contribution in [1.82, 2.24) is 25.1 Å². The van der Waals surface area contributed by atoms with E-state index < -0.39 is 42.0 Å². The van der Waals surface area contributed by atoms with E-state index in [0.717, 1.165) is 12.0 Å². The van der Waals surface area contributed by atoms with Crippen LogP contribution < -0.4 is 5.32 Å². The van der Waals surface area contributed by atoms with Crippen molar-refractivity contribution in [3.63, 3.8) is 0 Å². The van der Waals surface area contributed by atoms with Crippen molar-refractivity contribution in [3.05, 3.63) is 59.4 Å². The molecule has 0 aromatic heterocycles. The van der Waals surface area contributed by atoms with E-state index >= 15 is 0 Å². The van der Waals surface area contributed by atoms with Crippen LogP contribution >= 0.6 is 0 Å². The number of piperazine rings is 1. The quantitative estimate of drug-likeness (QED) is 0.564. The van der Waals surface area contributed by atoms with Gasteiger partial charge in [0, 0.05) is 20.0 Å². The number of rotatable bonds is 7. The fourth-order valence-electron chi connectivity index (χ4n) is 5.37. The van der Waals surface area contributed by atoms with Gasteiger partial charge in [-0.05, 0) is 49.0 Å². The number of carbonyl (C=O) groups excluding carboxylic acids is 3. The first-order chi connectivity index (χ1) is 18.1. The van der Waals surface area contributed by atoms with Crippen LogP contribution in [-0.2, 0) is 14.4 Å². The summed E-state index contributed by atoms with van der Waals surface area (Å²) in [6.45, 7) is 4.08. The number of hydrazine groups is 1. The molecule has 38 heavy (non-hydrogen) atoms. The summed E-state index contributed by atoms with van der Waals surface area (Å²) in [6, 6.07) is 3.81. The van der Waals surface area contributed by atoms with E-state index in [-0.39, 0.29) is 31.8 Å². The van der Waals surface area contributed by atoms with Crippen molar-refractivity contribution >= 4 is 23.8 Å². The minimum Gasteiger partial charge on any atom is -0.481 e. The van der Waals surface area contributed by atoms with Gasteiger partial charge in [0.15, 0.2) is 0 Å². The molecule has 10 nitrogen and oxygen atoms in total. The number of aliphatic carboxylic acids is 1. The van der Waals surface area contributed by atoms with E-state index in [9.17, 15) is 28.7 Å². The molecular weight excluding hydrogens is 493 g/mol. The van der Waals surface area contributed by atoms with E-state index in [1.807, 2.05) is 6.08 Å². The summed E-state index contributed by atoms with van der Waals surface area (Å²) in [5.41, 5.74) is 1.66. The monoisotopic (exact) mass is 527 g/mol. The lowest BCUT2D eigenvalue weighted by Gasteiger charge is -2.55. The Bertz CT molecular complexity index is 1150. The number of allylic oxidation sites excluding steroid dienone is 2. The maximum atomic E-state index is 13.7. The first kappa shape index (κ1) is 27.3. The first-order valence-electron chi connectivity index (χ1n) is 12.8. The van der Waals surface area contributed by atoms with E-state index in [2.05, 4.69) is 24.4 Å². The molecule has 3 aliphatic rings. The number of likely N-dealkylation sites (N-methyl/N-ethyl adjacent to an activating group) is 1. The number of urea groups is 1. The van der Waals surface area contributed by atoms with Crippen LogP contribution in [-0.4, -0.2) is 87.6 Å². The van der Waals surface area contributed by atoms with Crippen molar-refractivity contribution in [2.75, 3.05) is 26.7 Å². The molecule has 4 rings (SSSR count). The molecule has 2 N–H and O–H groups in total. The van der Waals surface area contributed by atoms with Crippen LogP contribution in [0.3, 0.4) is 0 Å². The van der Waals surface area contributed by atoms with Crippen molar-refractivity contribution in [2.24, 2.45) is 5.92 Å². The molecule has 2 aliphatic heterocycles. The molecule has 0 radical (unpaired) electrons. The number of fused-ring (bicyclic) bond motifs is 1. The van der Waals surface area contributed by atoms with Gasteiger partial charge in [0.05, 0.1) is 19.1 Å². The maximum Gasteiger partial charge on any atom is 0.334 e. The van der Waals surface area contributed by atoms with Gasteiger partial charge in [0.2, 0.25) is 11.8 Å². The third-order valence-electron chi connectivity index (χ3n) is 7.33. The Morgan fingerprint density at radius 1 is 1.21 bits per heavy atom. The predicted octanol–water partition coefficient (Wildman–Crippen LogP) is 2.51. The summed E-state index contributed by atoms with van der Waals surface area (Å²) in [5.74, 6) is -1.87. The van der Waals surface area contributed by atoms with Crippen LogP contribution in [0.25, 0.3) is 0 Å². The SMILES string of the molecule is CC1C=C(CNC(=O)N2[C@H]3CN(C(C)c4ccc(F)cc4)C(=O)[C@H](CCC(=O)O)N3C(=O)CN2C)C=CC1. The van der Waals surface area contributed by atoms with Gasteiger partial charge in [-0.25, -0.2) is 19.2 Å². The fraction of sp³-hybridized carbons (Fsp3) is 0.481. The van der Waals surface area contributed by atoms with Crippen molar-refractivity contribution in [2.45, 2.75) is 51.4 Å². The van der Waals surface area contributed by atoms with Crippen molar-refractivity contribution < 1.29 is 28.7 Å². The van der Waals surface area contributed by atoms with Crippen LogP contribution in [0, 0.1) is 11.7 Å². The van der Waals surface area contributed by atoms with Crippen LogP contribution in [0.2, 0.25) is 0 Å². The van der Waals surface area contributed by atoms with Crippen molar-refractivity contribution in [3.8, 4) is 0 Å². The summed E-state index contributed by atoms with van der Waals surface area (Å²) < 4.78 is 13.5. The number of carboxylic acid groups (broad SMARTS) is 1. The second-order valence-electron chi connectivity index (χ2n) is 10.1. The summed E-state index contributed by atoms with van der Waals surface area (Å²) in [7, 11) is 1.63. The summed E-state index contributed by atoms with van der Waals surface area (Å²) in [5, 5.41) is 15.2. The summed E-state index contributed by atoms with van der Waals surface area (Å²) >= 11 is 0. The highest BCUT2D eigenvalue weighted by atomic mass is 19.1. The lowest BCUT2D eigenvalue weighted by atomic mass is 9.98. The standard InChI is InChI=1S/C27H34FN5O5/c1-17-5-4-6-19(13-17)14-29-27(38)33-23-15-31(18(2)20-7-9-21(28)10-8-20)26(37)22(11-12-25(35)36)32(23)24(34)16-30(33)3/h4,6-10,13,17-18,22-23H,5,11-12,14-16H2,1-3H3,(H,29,38)(H,35,36)/t17?,18?,22-,23-/m0/s1. The third-order valence-corrected chi connectivity index (χ3v) is 7.33. The fourth-order valence-corrected chi connectivity index (χ4v) is 5.37. The highest BCUT2D eigenvalue weighted by molar-refractivity contribution is 5.92. The number of hydrogen-bond donors (Lipinski definition) is 2. The second kappa shape index (κ2) is 11.3. The number of nitrogens with one attached hydrogen (secondary N) is 1. The molecule has 1 aromatic rings. The molecule has 0 spiro atoms. The minimum atomic E-state index is -1.09. The lowest BCUT2D eigenvalue weighted by molar-refractivity contribution is -0.189. The van der Waals surface area contributed by atoms with Crippen LogP contribution in [0.5, 0.6) is 0 Å². The molecule has 0 bridgehead atoms. The number of nitrogens with zero attached hydrogens (tertiary/aromatic N) is 4. The number of amides is 4. The summed E-state index contributed by atoms with van der Waals surface area (Å²) in [6.07, 6.45) is 5.85. The van der Waals surface area contributed by atoms with Gasteiger partial charge in [0.1, 0.15) is 18.0 Å². The molecule has 2 fully saturated rings. The third kappa shape index (κ3) is 5.72. The molecule has 2 saturated heterocycles. The van der Waals surface area contributed by atoms with E-state index in [0.29, 0.717) is 18.0 Å². The Morgan fingerprint density at radius 2 is 1.92 bits per heavy atom. The lowest BCUT2D eigenvalue weighted by Crippen LogP contribution is -2.76. The van der Waals surface area contributed by atoms with E-state index in [1.54, 1.807) is 31.0 Å². The Morgan fingerprint density at radius 3 is 2.58 bits per heavy atom. The van der Waals surface area contributed by atoms with Crippen molar-refractivity contribution in [1.29, 1.82) is 0 Å². The predicted molar refractivity (Wildman–Crippen MR) is 137 cm³/mol. The molecule has 11 heteroatoms. The minimum absolute atomic E-state index is 0.0179. The molecule has 204 valence electrons. The average molecular weight is 528 g/mol. The first-order valence-corrected chi connectivity index (χ1v) is 12.8. The molecular formula is C27H34FN5O5. The van der Waals surface area contributed by atoms with Gasteiger partial charge in [-0.3, -0.25) is 14.4 Å². The molecule has 1 aromatic carbocycles. The molecule has 2 unspecified atom stereocenters. The molecule has 0 saturated carbocycles. The normalized spacial score (nSPS) is 24.7. The van der Waals surface area contributed by atoms with Gasteiger partial charge < -0.3 is 20.2 Å². The topological polar surface area (TPSA) is 113 Å². The molecule has 4 amide bonds. The highest BCUT2D eigenvalue weighted by Crippen LogP contribution is 2.32. The number of benzene rings is 1. The smallest absolute Gasteiger partial charge is 0.334 e. The van der Waals surface area contributed by atoms with Gasteiger partial charge in [0.25, 0.3) is 0 Å².